The standard InChI is InChI=1S/C16H14BrN3O3/c17-11-5-7-13(8-6-11)23-10-12(21)9-20-16(22)14-3-1-2-4-15(14)18-19-20/h1-8,12,21H,9-10H2/t12-/m0/s1. The van der Waals surface area contributed by atoms with E-state index in [0.29, 0.717) is 16.7 Å². The zero-order valence-electron chi connectivity index (χ0n) is 12.1. The smallest absolute Gasteiger partial charge is 0.277 e. The van der Waals surface area contributed by atoms with E-state index >= 15 is 0 Å². The zero-order chi connectivity index (χ0) is 16.2. The topological polar surface area (TPSA) is 77.2 Å². The summed E-state index contributed by atoms with van der Waals surface area (Å²) in [6.45, 7) is 0.0791. The Morgan fingerprint density at radius 3 is 2.70 bits per heavy atom. The Balaban J connectivity index is 1.68. The van der Waals surface area contributed by atoms with Crippen molar-refractivity contribution < 1.29 is 9.84 Å². The van der Waals surface area contributed by atoms with Crippen molar-refractivity contribution in [3.05, 3.63) is 63.4 Å². The molecule has 3 rings (SSSR count). The van der Waals surface area contributed by atoms with E-state index in [2.05, 4.69) is 26.2 Å². The normalized spacial score (nSPS) is 12.3. The third kappa shape index (κ3) is 3.75. The van der Waals surface area contributed by atoms with Crippen molar-refractivity contribution in [2.75, 3.05) is 6.61 Å². The van der Waals surface area contributed by atoms with Gasteiger partial charge in [-0.15, -0.1) is 5.10 Å². The number of fused-ring (bicyclic) bond motifs is 1. The molecule has 0 aliphatic heterocycles. The van der Waals surface area contributed by atoms with Crippen LogP contribution in [0.1, 0.15) is 0 Å². The first-order valence-electron chi connectivity index (χ1n) is 7.02. The molecule has 6 nitrogen and oxygen atoms in total. The van der Waals surface area contributed by atoms with Crippen LogP contribution in [-0.2, 0) is 6.54 Å². The van der Waals surface area contributed by atoms with E-state index in [0.717, 1.165) is 9.15 Å². The highest BCUT2D eigenvalue weighted by Gasteiger charge is 2.11. The van der Waals surface area contributed by atoms with Crippen molar-refractivity contribution >= 4 is 26.8 Å². The lowest BCUT2D eigenvalue weighted by Gasteiger charge is -2.13. The molecule has 2 aromatic carbocycles. The first-order valence-corrected chi connectivity index (χ1v) is 7.82. The minimum Gasteiger partial charge on any atom is -0.491 e. The van der Waals surface area contributed by atoms with Gasteiger partial charge in [-0.3, -0.25) is 4.79 Å². The van der Waals surface area contributed by atoms with Crippen LogP contribution in [0.25, 0.3) is 10.9 Å². The van der Waals surface area contributed by atoms with Crippen LogP contribution in [0.3, 0.4) is 0 Å². The summed E-state index contributed by atoms with van der Waals surface area (Å²) >= 11 is 3.34. The highest BCUT2D eigenvalue weighted by Crippen LogP contribution is 2.16. The zero-order valence-corrected chi connectivity index (χ0v) is 13.7. The monoisotopic (exact) mass is 375 g/mol. The number of halogens is 1. The van der Waals surface area contributed by atoms with Crippen molar-refractivity contribution in [3.63, 3.8) is 0 Å². The Labute approximate surface area is 140 Å². The van der Waals surface area contributed by atoms with Crippen molar-refractivity contribution in [1.29, 1.82) is 0 Å². The van der Waals surface area contributed by atoms with Gasteiger partial charge in [0.2, 0.25) is 0 Å². The van der Waals surface area contributed by atoms with Gasteiger partial charge in [-0.2, -0.15) is 0 Å². The molecule has 0 fully saturated rings. The second-order valence-corrected chi connectivity index (χ2v) is 5.93. The van der Waals surface area contributed by atoms with Gasteiger partial charge in [-0.25, -0.2) is 4.68 Å². The fourth-order valence-electron chi connectivity index (χ4n) is 2.12. The Kier molecular flexibility index (Phi) is 4.68. The molecule has 1 N–H and O–H groups in total. The number of aromatic nitrogens is 3. The van der Waals surface area contributed by atoms with E-state index < -0.39 is 6.10 Å². The number of ether oxygens (including phenoxy) is 1. The molecule has 0 unspecified atom stereocenters. The molecule has 0 amide bonds. The van der Waals surface area contributed by atoms with Gasteiger partial charge in [0.1, 0.15) is 24.0 Å². The summed E-state index contributed by atoms with van der Waals surface area (Å²) in [4.78, 5) is 12.3. The Morgan fingerprint density at radius 1 is 1.17 bits per heavy atom. The molecule has 0 radical (unpaired) electrons. The van der Waals surface area contributed by atoms with E-state index in [1.165, 1.54) is 0 Å². The molecule has 0 saturated carbocycles. The van der Waals surface area contributed by atoms with E-state index in [1.54, 1.807) is 36.4 Å². The van der Waals surface area contributed by atoms with Crippen LogP contribution in [-0.4, -0.2) is 32.8 Å². The number of aliphatic hydroxyl groups excluding tert-OH is 1. The molecule has 0 bridgehead atoms. The predicted octanol–water partition coefficient (Wildman–Crippen LogP) is 1.99. The fraction of sp³-hybridized carbons (Fsp3) is 0.188. The number of hydrogen-bond donors (Lipinski definition) is 1. The molecule has 1 heterocycles. The first kappa shape index (κ1) is 15.6. The molecular weight excluding hydrogens is 362 g/mol. The average Bonchev–Trinajstić information content (AvgIpc) is 2.57. The second-order valence-electron chi connectivity index (χ2n) is 5.01. The maximum absolute atomic E-state index is 12.3. The van der Waals surface area contributed by atoms with Gasteiger partial charge in [-0.05, 0) is 36.4 Å². The maximum atomic E-state index is 12.3. The molecule has 1 atom stereocenters. The van der Waals surface area contributed by atoms with Gasteiger partial charge in [-0.1, -0.05) is 33.3 Å². The number of rotatable bonds is 5. The summed E-state index contributed by atoms with van der Waals surface area (Å²) in [6.07, 6.45) is -0.869. The van der Waals surface area contributed by atoms with Gasteiger partial charge in [0.05, 0.1) is 11.9 Å². The molecular formula is C16H14BrN3O3. The van der Waals surface area contributed by atoms with Crippen LogP contribution in [0, 0.1) is 0 Å². The lowest BCUT2D eigenvalue weighted by molar-refractivity contribution is 0.0873. The Morgan fingerprint density at radius 2 is 1.91 bits per heavy atom. The minimum absolute atomic E-state index is 0.0210. The minimum atomic E-state index is -0.869. The Bertz CT molecular complexity index is 864. The number of aliphatic hydroxyl groups is 1. The molecule has 0 aliphatic carbocycles. The van der Waals surface area contributed by atoms with Crippen molar-refractivity contribution in [3.8, 4) is 5.75 Å². The number of hydrogen-bond acceptors (Lipinski definition) is 5. The molecule has 23 heavy (non-hydrogen) atoms. The van der Waals surface area contributed by atoms with Crippen molar-refractivity contribution in [1.82, 2.24) is 15.0 Å². The largest absolute Gasteiger partial charge is 0.491 e. The van der Waals surface area contributed by atoms with Crippen molar-refractivity contribution in [2.24, 2.45) is 0 Å². The summed E-state index contributed by atoms with van der Waals surface area (Å²) in [7, 11) is 0. The highest BCUT2D eigenvalue weighted by molar-refractivity contribution is 9.10. The first-order chi connectivity index (χ1) is 11.1. The van der Waals surface area contributed by atoms with Gasteiger partial charge in [0.25, 0.3) is 5.56 Å². The third-order valence-electron chi connectivity index (χ3n) is 3.27. The summed E-state index contributed by atoms with van der Waals surface area (Å²) < 4.78 is 7.59. The molecule has 7 heteroatoms. The lowest BCUT2D eigenvalue weighted by Crippen LogP contribution is -2.32. The quantitative estimate of drug-likeness (QED) is 0.737. The van der Waals surface area contributed by atoms with Crippen LogP contribution in [0.4, 0.5) is 0 Å². The van der Waals surface area contributed by atoms with Crippen LogP contribution < -0.4 is 10.3 Å². The van der Waals surface area contributed by atoms with Crippen LogP contribution in [0.5, 0.6) is 5.75 Å². The Hall–Kier alpha value is -2.25. The molecule has 3 aromatic rings. The van der Waals surface area contributed by atoms with E-state index in [1.807, 2.05) is 12.1 Å². The maximum Gasteiger partial charge on any atom is 0.277 e. The summed E-state index contributed by atoms with van der Waals surface area (Å²) in [5.74, 6) is 0.643. The molecule has 1 aromatic heterocycles. The van der Waals surface area contributed by atoms with E-state index in [-0.39, 0.29) is 18.7 Å². The van der Waals surface area contributed by atoms with Gasteiger partial charge >= 0.3 is 0 Å². The molecule has 0 saturated heterocycles. The third-order valence-corrected chi connectivity index (χ3v) is 3.80. The van der Waals surface area contributed by atoms with Gasteiger partial charge < -0.3 is 9.84 Å². The van der Waals surface area contributed by atoms with Crippen LogP contribution in [0.2, 0.25) is 0 Å². The van der Waals surface area contributed by atoms with E-state index in [4.69, 9.17) is 4.74 Å². The summed E-state index contributed by atoms with van der Waals surface area (Å²) in [6, 6.07) is 14.2. The van der Waals surface area contributed by atoms with Crippen molar-refractivity contribution in [2.45, 2.75) is 12.6 Å². The summed E-state index contributed by atoms with van der Waals surface area (Å²) in [5, 5.41) is 18.4. The number of benzene rings is 2. The SMILES string of the molecule is O=c1c2ccccc2nnn1C[C@H](O)COc1ccc(Br)cc1. The second kappa shape index (κ2) is 6.89. The highest BCUT2D eigenvalue weighted by atomic mass is 79.9. The molecule has 0 aliphatic rings. The van der Waals surface area contributed by atoms with Gasteiger partial charge in [0, 0.05) is 4.47 Å². The number of nitrogens with zero attached hydrogens (tertiary/aromatic N) is 3. The van der Waals surface area contributed by atoms with Crippen LogP contribution >= 0.6 is 15.9 Å². The molecule has 118 valence electrons. The fourth-order valence-corrected chi connectivity index (χ4v) is 2.38. The van der Waals surface area contributed by atoms with Crippen LogP contribution in [0.15, 0.2) is 57.8 Å². The lowest BCUT2D eigenvalue weighted by atomic mass is 10.2. The molecule has 0 spiro atoms. The van der Waals surface area contributed by atoms with Gasteiger partial charge in [0.15, 0.2) is 0 Å². The van der Waals surface area contributed by atoms with E-state index in [9.17, 15) is 9.90 Å². The summed E-state index contributed by atoms with van der Waals surface area (Å²) in [5.41, 5.74) is 0.257. The average molecular weight is 376 g/mol. The predicted molar refractivity (Wildman–Crippen MR) is 89.4 cm³/mol.